The molecule has 1 aliphatic rings. The number of benzene rings is 3. The van der Waals surface area contributed by atoms with E-state index in [-0.39, 0.29) is 34.0 Å². The van der Waals surface area contributed by atoms with E-state index >= 15 is 0 Å². The molecule has 1 aromatic heterocycles. The Morgan fingerprint density at radius 2 is 1.64 bits per heavy atom. The summed E-state index contributed by atoms with van der Waals surface area (Å²) in [5, 5.41) is 11.6. The molecule has 1 aliphatic heterocycles. The molecular weight excluding hydrogens is 501 g/mol. The lowest BCUT2D eigenvalue weighted by Gasteiger charge is -2.25. The number of rotatable bonds is 5. The summed E-state index contributed by atoms with van der Waals surface area (Å²) in [6.07, 6.45) is 0. The Morgan fingerprint density at radius 3 is 2.23 bits per heavy atom. The molecule has 2 heterocycles. The molecule has 0 saturated carbocycles. The minimum absolute atomic E-state index is 0.0497. The second-order valence-corrected chi connectivity index (χ2v) is 10.3. The van der Waals surface area contributed by atoms with Gasteiger partial charge in [0.05, 0.1) is 36.9 Å². The molecule has 3 aromatic carbocycles. The molecule has 1 fully saturated rings. The molecule has 200 valence electrons. The van der Waals surface area contributed by atoms with Crippen LogP contribution in [0.3, 0.4) is 0 Å². The van der Waals surface area contributed by atoms with Gasteiger partial charge in [0, 0.05) is 0 Å². The number of hydrogen-bond donors (Lipinski definition) is 2. The molecule has 9 heteroatoms. The zero-order chi connectivity index (χ0) is 28.1. The molecule has 0 bridgehead atoms. The average Bonchev–Trinajstić information content (AvgIpc) is 3.44. The van der Waals surface area contributed by atoms with Gasteiger partial charge in [-0.3, -0.25) is 14.5 Å². The van der Waals surface area contributed by atoms with Crippen LogP contribution in [-0.2, 0) is 15.0 Å². The van der Waals surface area contributed by atoms with Crippen LogP contribution in [-0.4, -0.2) is 41.0 Å². The Hall–Kier alpha value is -4.66. The number of aromatic nitrogens is 2. The van der Waals surface area contributed by atoms with Crippen molar-refractivity contribution >= 4 is 34.4 Å². The lowest BCUT2D eigenvalue weighted by Crippen LogP contribution is -2.30. The summed E-state index contributed by atoms with van der Waals surface area (Å²) in [7, 11) is 2.86. The second-order valence-electron chi connectivity index (χ2n) is 10.3. The van der Waals surface area contributed by atoms with Crippen molar-refractivity contribution in [2.24, 2.45) is 0 Å². The highest BCUT2D eigenvalue weighted by Gasteiger charge is 2.48. The Bertz CT molecular complexity index is 1610. The van der Waals surface area contributed by atoms with E-state index in [2.05, 4.69) is 30.7 Å². The number of anilines is 1. The quantitative estimate of drug-likeness (QED) is 0.197. The number of imidazole rings is 1. The van der Waals surface area contributed by atoms with Gasteiger partial charge in [-0.15, -0.1) is 0 Å². The van der Waals surface area contributed by atoms with Crippen LogP contribution in [0.25, 0.3) is 16.8 Å². The number of halogens is 1. The van der Waals surface area contributed by atoms with Crippen molar-refractivity contribution in [1.29, 1.82) is 0 Å². The lowest BCUT2D eigenvalue weighted by atomic mass is 9.85. The van der Waals surface area contributed by atoms with Gasteiger partial charge >= 0.3 is 5.91 Å². The number of fused-ring (bicyclic) bond motifs is 1. The minimum Gasteiger partial charge on any atom is -0.506 e. The van der Waals surface area contributed by atoms with Crippen molar-refractivity contribution in [3.05, 3.63) is 88.7 Å². The lowest BCUT2D eigenvalue weighted by molar-refractivity contribution is -0.132. The highest BCUT2D eigenvalue weighted by atomic mass is 19.1. The van der Waals surface area contributed by atoms with E-state index in [9.17, 15) is 19.1 Å². The summed E-state index contributed by atoms with van der Waals surface area (Å²) < 4.78 is 24.8. The van der Waals surface area contributed by atoms with E-state index in [4.69, 9.17) is 9.47 Å². The van der Waals surface area contributed by atoms with Gasteiger partial charge in [0.25, 0.3) is 5.78 Å². The molecule has 39 heavy (non-hydrogen) atoms. The third kappa shape index (κ3) is 4.39. The number of hydrogen-bond acceptors (Lipinski definition) is 6. The first kappa shape index (κ1) is 26.0. The summed E-state index contributed by atoms with van der Waals surface area (Å²) in [6.45, 7) is 6.24. The largest absolute Gasteiger partial charge is 0.506 e. The normalized spacial score (nSPS) is 17.2. The summed E-state index contributed by atoms with van der Waals surface area (Å²) in [5.41, 5.74) is 2.26. The maximum atomic E-state index is 13.9. The Kier molecular flexibility index (Phi) is 6.38. The molecule has 5 rings (SSSR count). The average molecular weight is 530 g/mol. The molecule has 4 aromatic rings. The molecule has 1 saturated heterocycles. The molecule has 0 radical (unpaired) electrons. The van der Waals surface area contributed by atoms with Crippen LogP contribution in [0.1, 0.15) is 43.5 Å². The number of methoxy groups -OCH3 is 2. The Labute approximate surface area is 224 Å². The number of nitrogens with zero attached hydrogens (tertiary/aromatic N) is 2. The number of aliphatic hydroxyl groups is 1. The highest BCUT2D eigenvalue weighted by molar-refractivity contribution is 6.51. The van der Waals surface area contributed by atoms with Gasteiger partial charge in [0.1, 0.15) is 28.6 Å². The number of aromatic amines is 1. The third-order valence-corrected chi connectivity index (χ3v) is 6.86. The summed E-state index contributed by atoms with van der Waals surface area (Å²) in [4.78, 5) is 35.8. The summed E-state index contributed by atoms with van der Waals surface area (Å²) in [6, 6.07) is 15.4. The zero-order valence-electron chi connectivity index (χ0n) is 22.2. The fraction of sp³-hybridized carbons (Fsp3) is 0.233. The fourth-order valence-corrected chi connectivity index (χ4v) is 4.83. The number of ketones is 1. The zero-order valence-corrected chi connectivity index (χ0v) is 22.2. The van der Waals surface area contributed by atoms with Crippen molar-refractivity contribution in [2.75, 3.05) is 19.1 Å². The van der Waals surface area contributed by atoms with Crippen LogP contribution in [0, 0.1) is 5.82 Å². The number of Topliss-reactive ketones (excluding diaryl/α,β-unsaturated/α-hetero) is 1. The first-order valence-electron chi connectivity index (χ1n) is 12.3. The molecule has 8 nitrogen and oxygen atoms in total. The molecule has 0 aliphatic carbocycles. The van der Waals surface area contributed by atoms with Crippen molar-refractivity contribution < 1.29 is 28.6 Å². The fourth-order valence-electron chi connectivity index (χ4n) is 4.83. The van der Waals surface area contributed by atoms with Crippen LogP contribution >= 0.6 is 0 Å². The van der Waals surface area contributed by atoms with Crippen molar-refractivity contribution in [3.8, 4) is 11.5 Å². The van der Waals surface area contributed by atoms with Gasteiger partial charge in [-0.25, -0.2) is 9.37 Å². The van der Waals surface area contributed by atoms with Gasteiger partial charge in [-0.1, -0.05) is 51.1 Å². The number of nitrogens with one attached hydrogen (secondary N) is 1. The van der Waals surface area contributed by atoms with Crippen LogP contribution in [0.2, 0.25) is 0 Å². The molecule has 1 amide bonds. The minimum atomic E-state index is -1.04. The third-order valence-electron chi connectivity index (χ3n) is 6.86. The van der Waals surface area contributed by atoms with E-state index in [0.29, 0.717) is 16.6 Å². The van der Waals surface area contributed by atoms with E-state index in [0.717, 1.165) is 5.56 Å². The van der Waals surface area contributed by atoms with Gasteiger partial charge < -0.3 is 19.6 Å². The van der Waals surface area contributed by atoms with Gasteiger partial charge in [0.15, 0.2) is 0 Å². The van der Waals surface area contributed by atoms with Crippen LogP contribution in [0.15, 0.2) is 66.2 Å². The number of carbonyl (C=O) groups is 2. The van der Waals surface area contributed by atoms with E-state index in [1.54, 1.807) is 18.2 Å². The molecule has 2 N–H and O–H groups in total. The summed E-state index contributed by atoms with van der Waals surface area (Å²) >= 11 is 0. The molecule has 0 spiro atoms. The van der Waals surface area contributed by atoms with Gasteiger partial charge in [-0.2, -0.15) is 0 Å². The second kappa shape index (κ2) is 9.58. The number of amides is 1. The SMILES string of the molecule is COc1cccc(OC)c1/C(O)=C1\C(=O)C(=O)N(c2nc3ccc(F)cc3[nH]2)C1c1ccc(C(C)(C)C)cc1. The predicted molar refractivity (Wildman–Crippen MR) is 146 cm³/mol. The smallest absolute Gasteiger partial charge is 0.302 e. The standard InChI is InChI=1S/C30H28FN3O5/c1-30(2,3)17-11-9-16(10-12-17)25-24(26(35)23-21(38-4)7-6-8-22(23)39-5)27(36)28(37)34(25)29-32-19-14-13-18(31)15-20(19)33-29/h6-15,25,35H,1-5H3,(H,32,33)/b26-24+. The summed E-state index contributed by atoms with van der Waals surface area (Å²) in [5.74, 6) is -2.15. The Morgan fingerprint density at radius 1 is 1.00 bits per heavy atom. The van der Waals surface area contributed by atoms with E-state index in [1.807, 2.05) is 24.3 Å². The maximum absolute atomic E-state index is 13.9. The van der Waals surface area contributed by atoms with Crippen LogP contribution in [0.5, 0.6) is 11.5 Å². The number of carbonyl (C=O) groups excluding carboxylic acids is 2. The number of ether oxygens (including phenoxy) is 2. The van der Waals surface area contributed by atoms with Crippen LogP contribution in [0.4, 0.5) is 10.3 Å². The highest BCUT2D eigenvalue weighted by Crippen LogP contribution is 2.45. The van der Waals surface area contributed by atoms with Crippen molar-refractivity contribution in [1.82, 2.24) is 9.97 Å². The Balaban J connectivity index is 1.77. The topological polar surface area (TPSA) is 105 Å². The molecule has 1 atom stereocenters. The molecule has 1 unspecified atom stereocenters. The monoisotopic (exact) mass is 529 g/mol. The van der Waals surface area contributed by atoms with E-state index < -0.39 is 29.3 Å². The number of aliphatic hydroxyl groups excluding tert-OH is 1. The van der Waals surface area contributed by atoms with Gasteiger partial charge in [0.2, 0.25) is 5.95 Å². The molecular formula is C30H28FN3O5. The predicted octanol–water partition coefficient (Wildman–Crippen LogP) is 5.64. The van der Waals surface area contributed by atoms with E-state index in [1.165, 1.54) is 37.3 Å². The van der Waals surface area contributed by atoms with Crippen molar-refractivity contribution in [2.45, 2.75) is 32.2 Å². The van der Waals surface area contributed by atoms with Crippen molar-refractivity contribution in [3.63, 3.8) is 0 Å². The maximum Gasteiger partial charge on any atom is 0.302 e. The van der Waals surface area contributed by atoms with Crippen LogP contribution < -0.4 is 14.4 Å². The van der Waals surface area contributed by atoms with Gasteiger partial charge in [-0.05, 0) is 46.9 Å². The first-order valence-corrected chi connectivity index (χ1v) is 12.3. The number of H-pyrrole nitrogens is 1. The first-order chi connectivity index (χ1) is 18.5.